The Morgan fingerprint density at radius 1 is 0.708 bits per heavy atom. The predicted molar refractivity (Wildman–Crippen MR) is 97.5 cm³/mol. The highest BCUT2D eigenvalue weighted by molar-refractivity contribution is 5.88. The standard InChI is InChI=1S/C22H19NO/c1-2-21(24)23-22(18-12-6-3-7-13-18,19-14-8-4-9-15-19)20-16-10-5-11-17-20/h2-17H,1H2,(H,23,24). The van der Waals surface area contributed by atoms with Crippen molar-refractivity contribution >= 4 is 5.91 Å². The molecule has 2 heteroatoms. The van der Waals surface area contributed by atoms with Gasteiger partial charge in [0.25, 0.3) is 0 Å². The lowest BCUT2D eigenvalue weighted by atomic mass is 9.77. The number of carbonyl (C=O) groups excluding carboxylic acids is 1. The normalized spacial score (nSPS) is 10.8. The lowest BCUT2D eigenvalue weighted by molar-refractivity contribution is -0.117. The first-order valence-electron chi connectivity index (χ1n) is 7.88. The third kappa shape index (κ3) is 2.86. The Bertz CT molecular complexity index is 714. The molecule has 3 rings (SSSR count). The Balaban J connectivity index is 2.32. The van der Waals surface area contributed by atoms with Gasteiger partial charge in [-0.25, -0.2) is 0 Å². The van der Waals surface area contributed by atoms with Crippen LogP contribution in [0.3, 0.4) is 0 Å². The van der Waals surface area contributed by atoms with E-state index in [4.69, 9.17) is 0 Å². The smallest absolute Gasteiger partial charge is 0.244 e. The lowest BCUT2D eigenvalue weighted by Gasteiger charge is -2.36. The SMILES string of the molecule is C=CC(=O)NC(c1ccccc1)(c1ccccc1)c1ccccc1. The van der Waals surface area contributed by atoms with Gasteiger partial charge in [0.1, 0.15) is 5.54 Å². The maximum Gasteiger partial charge on any atom is 0.244 e. The third-order valence-corrected chi connectivity index (χ3v) is 4.12. The number of hydrogen-bond acceptors (Lipinski definition) is 1. The largest absolute Gasteiger partial charge is 0.335 e. The van der Waals surface area contributed by atoms with Crippen LogP contribution in [-0.4, -0.2) is 5.91 Å². The molecule has 0 bridgehead atoms. The van der Waals surface area contributed by atoms with Crippen LogP contribution in [0.15, 0.2) is 104 Å². The molecule has 0 aliphatic rings. The molecule has 0 radical (unpaired) electrons. The maximum atomic E-state index is 12.3. The second kappa shape index (κ2) is 6.97. The van der Waals surface area contributed by atoms with E-state index in [-0.39, 0.29) is 5.91 Å². The highest BCUT2D eigenvalue weighted by Crippen LogP contribution is 2.36. The number of nitrogens with one attached hydrogen (secondary N) is 1. The second-order valence-electron chi connectivity index (χ2n) is 5.54. The van der Waals surface area contributed by atoms with Crippen LogP contribution in [0.2, 0.25) is 0 Å². The van der Waals surface area contributed by atoms with E-state index in [1.807, 2.05) is 91.0 Å². The monoisotopic (exact) mass is 313 g/mol. The van der Waals surface area contributed by atoms with E-state index in [0.29, 0.717) is 0 Å². The van der Waals surface area contributed by atoms with Gasteiger partial charge in [-0.05, 0) is 22.8 Å². The minimum absolute atomic E-state index is 0.216. The van der Waals surface area contributed by atoms with Crippen LogP contribution in [0, 0.1) is 0 Å². The summed E-state index contributed by atoms with van der Waals surface area (Å²) in [7, 11) is 0. The molecule has 0 unspecified atom stereocenters. The molecule has 0 fully saturated rings. The molecule has 118 valence electrons. The van der Waals surface area contributed by atoms with Gasteiger partial charge < -0.3 is 5.32 Å². The van der Waals surface area contributed by atoms with E-state index in [1.165, 1.54) is 6.08 Å². The summed E-state index contributed by atoms with van der Waals surface area (Å²) in [6, 6.07) is 30.0. The molecule has 1 N–H and O–H groups in total. The Labute approximate surface area is 142 Å². The first-order chi connectivity index (χ1) is 11.8. The minimum atomic E-state index is -0.769. The van der Waals surface area contributed by atoms with Gasteiger partial charge in [0.2, 0.25) is 5.91 Å². The fraction of sp³-hybridized carbons (Fsp3) is 0.0455. The topological polar surface area (TPSA) is 29.1 Å². The van der Waals surface area contributed by atoms with E-state index in [0.717, 1.165) is 16.7 Å². The number of benzene rings is 3. The van der Waals surface area contributed by atoms with Crippen molar-refractivity contribution in [1.82, 2.24) is 5.32 Å². The van der Waals surface area contributed by atoms with E-state index in [2.05, 4.69) is 11.9 Å². The average molecular weight is 313 g/mol. The summed E-state index contributed by atoms with van der Waals surface area (Å²) in [4.78, 5) is 12.3. The number of amides is 1. The van der Waals surface area contributed by atoms with E-state index in [1.54, 1.807) is 0 Å². The summed E-state index contributed by atoms with van der Waals surface area (Å²) in [6.07, 6.45) is 1.31. The molecule has 0 spiro atoms. The first kappa shape index (κ1) is 15.8. The zero-order valence-corrected chi connectivity index (χ0v) is 13.4. The molecule has 3 aromatic rings. The maximum absolute atomic E-state index is 12.3. The van der Waals surface area contributed by atoms with Gasteiger partial charge in [0, 0.05) is 0 Å². The molecule has 24 heavy (non-hydrogen) atoms. The van der Waals surface area contributed by atoms with Crippen LogP contribution >= 0.6 is 0 Å². The lowest BCUT2D eigenvalue weighted by Crippen LogP contribution is -2.47. The van der Waals surface area contributed by atoms with E-state index >= 15 is 0 Å². The molecule has 0 saturated carbocycles. The molecule has 0 saturated heterocycles. The highest BCUT2D eigenvalue weighted by Gasteiger charge is 2.37. The van der Waals surface area contributed by atoms with Gasteiger partial charge in [-0.3, -0.25) is 4.79 Å². The molecule has 0 aromatic heterocycles. The minimum Gasteiger partial charge on any atom is -0.335 e. The molecule has 0 aliphatic carbocycles. The van der Waals surface area contributed by atoms with Crippen molar-refractivity contribution < 1.29 is 4.79 Å². The Morgan fingerprint density at radius 3 is 1.33 bits per heavy atom. The summed E-state index contributed by atoms with van der Waals surface area (Å²) in [5, 5.41) is 3.17. The zero-order chi connectivity index (χ0) is 16.8. The van der Waals surface area contributed by atoms with Crippen LogP contribution in [0.25, 0.3) is 0 Å². The summed E-state index contributed by atoms with van der Waals surface area (Å²) in [6.45, 7) is 3.61. The molecule has 0 aliphatic heterocycles. The summed E-state index contributed by atoms with van der Waals surface area (Å²) in [5.41, 5.74) is 2.22. The van der Waals surface area contributed by atoms with Crippen molar-refractivity contribution in [3.63, 3.8) is 0 Å². The Hall–Kier alpha value is -3.13. The van der Waals surface area contributed by atoms with Crippen molar-refractivity contribution in [3.05, 3.63) is 120 Å². The van der Waals surface area contributed by atoms with Crippen molar-refractivity contribution in [2.75, 3.05) is 0 Å². The van der Waals surface area contributed by atoms with E-state index < -0.39 is 5.54 Å². The van der Waals surface area contributed by atoms with Crippen LogP contribution in [0.5, 0.6) is 0 Å². The molecule has 0 heterocycles. The average Bonchev–Trinajstić information content (AvgIpc) is 2.68. The number of carbonyl (C=O) groups is 1. The van der Waals surface area contributed by atoms with Gasteiger partial charge in [-0.1, -0.05) is 97.6 Å². The fourth-order valence-corrected chi connectivity index (χ4v) is 3.02. The molecular weight excluding hydrogens is 294 g/mol. The molecule has 3 aromatic carbocycles. The summed E-state index contributed by atoms with van der Waals surface area (Å²) < 4.78 is 0. The molecule has 1 amide bonds. The molecular formula is C22H19NO. The highest BCUT2D eigenvalue weighted by atomic mass is 16.1. The molecule has 0 atom stereocenters. The summed E-state index contributed by atoms with van der Waals surface area (Å²) >= 11 is 0. The Morgan fingerprint density at radius 2 is 1.04 bits per heavy atom. The van der Waals surface area contributed by atoms with Gasteiger partial charge >= 0.3 is 0 Å². The van der Waals surface area contributed by atoms with Gasteiger partial charge in [0.15, 0.2) is 0 Å². The number of rotatable bonds is 5. The van der Waals surface area contributed by atoms with Gasteiger partial charge in [0.05, 0.1) is 0 Å². The van der Waals surface area contributed by atoms with Crippen molar-refractivity contribution in [2.24, 2.45) is 0 Å². The summed E-state index contributed by atoms with van der Waals surface area (Å²) in [5.74, 6) is -0.216. The quantitative estimate of drug-likeness (QED) is 0.553. The zero-order valence-electron chi connectivity index (χ0n) is 13.4. The van der Waals surface area contributed by atoms with Crippen molar-refractivity contribution in [3.8, 4) is 0 Å². The van der Waals surface area contributed by atoms with Crippen LogP contribution in [0.1, 0.15) is 16.7 Å². The number of hydrogen-bond donors (Lipinski definition) is 1. The predicted octanol–water partition coefficient (Wildman–Crippen LogP) is 4.28. The van der Waals surface area contributed by atoms with Crippen molar-refractivity contribution in [1.29, 1.82) is 0 Å². The van der Waals surface area contributed by atoms with Crippen LogP contribution in [0.4, 0.5) is 0 Å². The van der Waals surface area contributed by atoms with Crippen molar-refractivity contribution in [2.45, 2.75) is 5.54 Å². The van der Waals surface area contributed by atoms with Gasteiger partial charge in [-0.15, -0.1) is 0 Å². The fourth-order valence-electron chi connectivity index (χ4n) is 3.02. The van der Waals surface area contributed by atoms with Crippen LogP contribution < -0.4 is 5.32 Å². The second-order valence-corrected chi connectivity index (χ2v) is 5.54. The first-order valence-corrected chi connectivity index (χ1v) is 7.88. The Kier molecular flexibility index (Phi) is 4.57. The van der Waals surface area contributed by atoms with Gasteiger partial charge in [-0.2, -0.15) is 0 Å². The van der Waals surface area contributed by atoms with E-state index in [9.17, 15) is 4.79 Å². The van der Waals surface area contributed by atoms with Crippen LogP contribution in [-0.2, 0) is 10.3 Å². The molecule has 2 nitrogen and oxygen atoms in total. The third-order valence-electron chi connectivity index (χ3n) is 4.12.